The minimum absolute atomic E-state index is 0.252. The second-order valence-electron chi connectivity index (χ2n) is 6.27. The van der Waals surface area contributed by atoms with Gasteiger partial charge in [0.2, 0.25) is 0 Å². The standard InChI is InChI=1S/C19H22O5/c1-2-22-19(21)24-17-7-5-14(6-8-17)18(20)23-10-9-16-12-13-3-4-15(16)11-13/h3-8,13,15-16H,2,9-12H2,1H3. The molecule has 0 heterocycles. The monoisotopic (exact) mass is 330 g/mol. The normalized spacial score (nSPS) is 24.0. The molecular weight excluding hydrogens is 308 g/mol. The van der Waals surface area contributed by atoms with Crippen LogP contribution in [0.2, 0.25) is 0 Å². The van der Waals surface area contributed by atoms with Crippen molar-refractivity contribution in [1.29, 1.82) is 0 Å². The molecule has 24 heavy (non-hydrogen) atoms. The van der Waals surface area contributed by atoms with E-state index in [9.17, 15) is 9.59 Å². The highest BCUT2D eigenvalue weighted by Gasteiger charge is 2.35. The van der Waals surface area contributed by atoms with Crippen LogP contribution in [-0.2, 0) is 9.47 Å². The molecule has 0 N–H and O–H groups in total. The third kappa shape index (κ3) is 3.96. The molecule has 0 aliphatic heterocycles. The topological polar surface area (TPSA) is 61.8 Å². The summed E-state index contributed by atoms with van der Waals surface area (Å²) in [5.74, 6) is 2.04. The van der Waals surface area contributed by atoms with E-state index in [2.05, 4.69) is 16.9 Å². The van der Waals surface area contributed by atoms with E-state index in [0.717, 1.165) is 12.3 Å². The summed E-state index contributed by atoms with van der Waals surface area (Å²) in [4.78, 5) is 23.3. The first-order chi connectivity index (χ1) is 11.7. The lowest BCUT2D eigenvalue weighted by Gasteiger charge is -2.17. The van der Waals surface area contributed by atoms with Crippen LogP contribution in [0.4, 0.5) is 4.79 Å². The van der Waals surface area contributed by atoms with E-state index in [1.165, 1.54) is 12.8 Å². The first kappa shape index (κ1) is 16.6. The van der Waals surface area contributed by atoms with E-state index in [1.807, 2.05) is 0 Å². The highest BCUT2D eigenvalue weighted by molar-refractivity contribution is 5.89. The van der Waals surface area contributed by atoms with Gasteiger partial charge in [-0.3, -0.25) is 0 Å². The summed E-state index contributed by atoms with van der Waals surface area (Å²) in [6.45, 7) is 2.40. The predicted octanol–water partition coefficient (Wildman–Crippen LogP) is 3.98. The molecule has 1 saturated carbocycles. The van der Waals surface area contributed by atoms with Crippen molar-refractivity contribution >= 4 is 12.1 Å². The van der Waals surface area contributed by atoms with Gasteiger partial charge in [-0.2, -0.15) is 0 Å². The number of rotatable bonds is 6. The van der Waals surface area contributed by atoms with Crippen LogP contribution < -0.4 is 4.74 Å². The Kier molecular flexibility index (Phi) is 5.18. The number of ether oxygens (including phenoxy) is 3. The van der Waals surface area contributed by atoms with Crippen LogP contribution in [0.3, 0.4) is 0 Å². The lowest BCUT2D eigenvalue weighted by atomic mass is 9.91. The molecule has 2 bridgehead atoms. The summed E-state index contributed by atoms with van der Waals surface area (Å²) in [7, 11) is 0. The maximum absolute atomic E-state index is 12.0. The number of esters is 1. The first-order valence-electron chi connectivity index (χ1n) is 8.46. The van der Waals surface area contributed by atoms with Gasteiger partial charge in [0.15, 0.2) is 0 Å². The molecule has 1 fully saturated rings. The van der Waals surface area contributed by atoms with Crippen LogP contribution in [0.1, 0.15) is 36.5 Å². The zero-order valence-electron chi connectivity index (χ0n) is 13.8. The molecule has 0 aromatic heterocycles. The van der Waals surface area contributed by atoms with Crippen molar-refractivity contribution in [1.82, 2.24) is 0 Å². The summed E-state index contributed by atoms with van der Waals surface area (Å²) in [6, 6.07) is 6.26. The number of carbonyl (C=O) groups is 2. The van der Waals surface area contributed by atoms with Crippen molar-refractivity contribution in [3.8, 4) is 5.75 Å². The number of hydrogen-bond donors (Lipinski definition) is 0. The maximum atomic E-state index is 12.0. The number of benzene rings is 1. The Bertz CT molecular complexity index is 619. The average molecular weight is 330 g/mol. The van der Waals surface area contributed by atoms with Crippen molar-refractivity contribution in [2.24, 2.45) is 17.8 Å². The van der Waals surface area contributed by atoms with E-state index in [1.54, 1.807) is 31.2 Å². The third-order valence-electron chi connectivity index (χ3n) is 4.69. The molecule has 3 rings (SSSR count). The van der Waals surface area contributed by atoms with Gasteiger partial charge in [-0.15, -0.1) is 0 Å². The fourth-order valence-corrected chi connectivity index (χ4v) is 3.52. The minimum Gasteiger partial charge on any atom is -0.462 e. The van der Waals surface area contributed by atoms with Gasteiger partial charge in [0.25, 0.3) is 0 Å². The summed E-state index contributed by atoms with van der Waals surface area (Å²) in [6.07, 6.45) is 7.27. The minimum atomic E-state index is -0.757. The summed E-state index contributed by atoms with van der Waals surface area (Å²) in [5, 5.41) is 0. The van der Waals surface area contributed by atoms with Crippen LogP contribution in [0.15, 0.2) is 36.4 Å². The highest BCUT2D eigenvalue weighted by Crippen LogP contribution is 2.44. The molecule has 0 spiro atoms. The van der Waals surface area contributed by atoms with Crippen LogP contribution in [0.5, 0.6) is 5.75 Å². The van der Waals surface area contributed by atoms with Crippen molar-refractivity contribution in [2.75, 3.05) is 13.2 Å². The quantitative estimate of drug-likeness (QED) is 0.448. The van der Waals surface area contributed by atoms with Gasteiger partial charge in [-0.25, -0.2) is 9.59 Å². The molecule has 3 unspecified atom stereocenters. The van der Waals surface area contributed by atoms with E-state index >= 15 is 0 Å². The number of fused-ring (bicyclic) bond motifs is 2. The van der Waals surface area contributed by atoms with Gasteiger partial charge in [-0.1, -0.05) is 12.2 Å². The molecule has 2 aliphatic rings. The van der Waals surface area contributed by atoms with Crippen molar-refractivity contribution < 1.29 is 23.8 Å². The first-order valence-corrected chi connectivity index (χ1v) is 8.46. The van der Waals surface area contributed by atoms with Crippen LogP contribution in [0, 0.1) is 17.8 Å². The Morgan fingerprint density at radius 3 is 2.50 bits per heavy atom. The third-order valence-corrected chi connectivity index (χ3v) is 4.69. The number of hydrogen-bond acceptors (Lipinski definition) is 5. The van der Waals surface area contributed by atoms with Crippen LogP contribution >= 0.6 is 0 Å². The van der Waals surface area contributed by atoms with Crippen LogP contribution in [0.25, 0.3) is 0 Å². The molecule has 1 aromatic carbocycles. The second kappa shape index (κ2) is 7.51. The van der Waals surface area contributed by atoms with Crippen LogP contribution in [-0.4, -0.2) is 25.3 Å². The molecule has 1 aromatic rings. The van der Waals surface area contributed by atoms with Crippen molar-refractivity contribution in [3.05, 3.63) is 42.0 Å². The van der Waals surface area contributed by atoms with E-state index in [0.29, 0.717) is 29.8 Å². The predicted molar refractivity (Wildman–Crippen MR) is 87.8 cm³/mol. The Morgan fingerprint density at radius 1 is 1.08 bits per heavy atom. The Balaban J connectivity index is 1.43. The Labute approximate surface area is 141 Å². The fourth-order valence-electron chi connectivity index (χ4n) is 3.52. The SMILES string of the molecule is CCOC(=O)Oc1ccc(C(=O)OCCC2CC3C=CC2C3)cc1. The number of allylic oxidation sites excluding steroid dienone is 2. The van der Waals surface area contributed by atoms with E-state index in [-0.39, 0.29) is 12.6 Å². The Morgan fingerprint density at radius 2 is 1.88 bits per heavy atom. The summed E-state index contributed by atoms with van der Waals surface area (Å²) >= 11 is 0. The van der Waals surface area contributed by atoms with E-state index < -0.39 is 6.16 Å². The zero-order chi connectivity index (χ0) is 16.9. The highest BCUT2D eigenvalue weighted by atomic mass is 16.7. The molecule has 128 valence electrons. The van der Waals surface area contributed by atoms with Gasteiger partial charge in [0, 0.05) is 0 Å². The average Bonchev–Trinajstić information content (AvgIpc) is 3.18. The van der Waals surface area contributed by atoms with Gasteiger partial charge in [0.05, 0.1) is 18.8 Å². The lowest BCUT2D eigenvalue weighted by Crippen LogP contribution is -2.13. The van der Waals surface area contributed by atoms with Crippen molar-refractivity contribution in [2.45, 2.75) is 26.2 Å². The lowest BCUT2D eigenvalue weighted by molar-refractivity contribution is 0.0477. The maximum Gasteiger partial charge on any atom is 0.513 e. The van der Waals surface area contributed by atoms with Crippen molar-refractivity contribution in [3.63, 3.8) is 0 Å². The van der Waals surface area contributed by atoms with Gasteiger partial charge >= 0.3 is 12.1 Å². The van der Waals surface area contributed by atoms with Gasteiger partial charge in [0.1, 0.15) is 5.75 Å². The summed E-state index contributed by atoms with van der Waals surface area (Å²) < 4.78 is 15.0. The molecule has 5 heteroatoms. The molecule has 2 aliphatic carbocycles. The fraction of sp³-hybridized carbons (Fsp3) is 0.474. The molecule has 0 amide bonds. The summed E-state index contributed by atoms with van der Waals surface area (Å²) in [5.41, 5.74) is 0.444. The van der Waals surface area contributed by atoms with Gasteiger partial charge < -0.3 is 14.2 Å². The zero-order valence-corrected chi connectivity index (χ0v) is 13.8. The largest absolute Gasteiger partial charge is 0.513 e. The molecule has 0 radical (unpaired) electrons. The smallest absolute Gasteiger partial charge is 0.462 e. The molecule has 0 saturated heterocycles. The van der Waals surface area contributed by atoms with Gasteiger partial charge in [-0.05, 0) is 68.2 Å². The van der Waals surface area contributed by atoms with E-state index in [4.69, 9.17) is 9.47 Å². The molecule has 5 nitrogen and oxygen atoms in total. The molecular formula is C19H22O5. The molecule has 3 atom stereocenters. The number of carbonyl (C=O) groups excluding carboxylic acids is 2. The second-order valence-corrected chi connectivity index (χ2v) is 6.27. The Hall–Kier alpha value is -2.30.